The van der Waals surface area contributed by atoms with Crippen molar-refractivity contribution in [2.75, 3.05) is 14.1 Å². The van der Waals surface area contributed by atoms with E-state index < -0.39 is 0 Å². The lowest BCUT2D eigenvalue weighted by molar-refractivity contribution is 0.591. The fourth-order valence-corrected chi connectivity index (χ4v) is 2.75. The summed E-state index contributed by atoms with van der Waals surface area (Å²) in [6, 6.07) is 10.0. The normalized spacial score (nSPS) is 17.4. The van der Waals surface area contributed by atoms with Crippen LogP contribution < -0.4 is 0 Å². The molecular weight excluding hydrogens is 270 g/mol. The number of aliphatic imine (C=N–C) groups is 1. The third kappa shape index (κ3) is 2.29. The minimum absolute atomic E-state index is 0.0245. The Balaban J connectivity index is 2.15. The zero-order valence-electron chi connectivity index (χ0n) is 11.5. The number of hydrogen-bond acceptors (Lipinski definition) is 3. The highest BCUT2D eigenvalue weighted by Crippen LogP contribution is 2.35. The Labute approximate surface area is 123 Å². The Morgan fingerprint density at radius 2 is 2.05 bits per heavy atom. The second-order valence-electron chi connectivity index (χ2n) is 5.11. The van der Waals surface area contributed by atoms with E-state index in [4.69, 9.17) is 16.6 Å². The Kier molecular flexibility index (Phi) is 3.45. The molecule has 1 aliphatic heterocycles. The molecule has 0 saturated carbocycles. The second kappa shape index (κ2) is 5.25. The molecule has 0 amide bonds. The Hall–Kier alpha value is -1.87. The van der Waals surface area contributed by atoms with E-state index in [1.54, 1.807) is 6.20 Å². The fourth-order valence-electron chi connectivity index (χ4n) is 2.51. The minimum Gasteiger partial charge on any atom is -0.366 e. The first-order valence-corrected chi connectivity index (χ1v) is 6.96. The van der Waals surface area contributed by atoms with Crippen LogP contribution in [0.2, 0.25) is 5.02 Å². The van der Waals surface area contributed by atoms with Gasteiger partial charge in [0.25, 0.3) is 0 Å². The number of hydrogen-bond donors (Lipinski definition) is 0. The van der Waals surface area contributed by atoms with Crippen LogP contribution in [0, 0.1) is 0 Å². The van der Waals surface area contributed by atoms with E-state index in [2.05, 4.69) is 22.0 Å². The first kappa shape index (κ1) is 13.1. The van der Waals surface area contributed by atoms with Gasteiger partial charge in [0, 0.05) is 37.9 Å². The van der Waals surface area contributed by atoms with E-state index in [1.807, 2.05) is 38.5 Å². The molecule has 4 heteroatoms. The summed E-state index contributed by atoms with van der Waals surface area (Å²) in [5.41, 5.74) is 3.44. The molecule has 0 N–H and O–H groups in total. The van der Waals surface area contributed by atoms with Crippen LogP contribution in [-0.2, 0) is 6.42 Å². The van der Waals surface area contributed by atoms with Crippen molar-refractivity contribution in [1.82, 2.24) is 9.88 Å². The van der Waals surface area contributed by atoms with Crippen LogP contribution in [0.15, 0.2) is 47.7 Å². The van der Waals surface area contributed by atoms with Gasteiger partial charge in [0.15, 0.2) is 0 Å². The number of nitrogens with zero attached hydrogens (tertiary/aromatic N) is 3. The monoisotopic (exact) mass is 285 g/mol. The van der Waals surface area contributed by atoms with Crippen LogP contribution in [0.1, 0.15) is 22.7 Å². The topological polar surface area (TPSA) is 28.5 Å². The third-order valence-electron chi connectivity index (χ3n) is 3.58. The van der Waals surface area contributed by atoms with Crippen LogP contribution in [0.4, 0.5) is 0 Å². The zero-order chi connectivity index (χ0) is 14.1. The fraction of sp³-hybridized carbons (Fsp3) is 0.250. The van der Waals surface area contributed by atoms with Gasteiger partial charge in [-0.2, -0.15) is 0 Å². The first-order chi connectivity index (χ1) is 9.66. The summed E-state index contributed by atoms with van der Waals surface area (Å²) in [6.07, 6.45) is 4.43. The van der Waals surface area contributed by atoms with Crippen molar-refractivity contribution in [3.05, 3.63) is 64.4 Å². The van der Waals surface area contributed by atoms with Gasteiger partial charge in [-0.3, -0.25) is 9.98 Å². The molecule has 1 unspecified atom stereocenters. The predicted molar refractivity (Wildman–Crippen MR) is 82.4 cm³/mol. The summed E-state index contributed by atoms with van der Waals surface area (Å²) < 4.78 is 0. The molecule has 1 aliphatic rings. The molecule has 0 aliphatic carbocycles. The first-order valence-electron chi connectivity index (χ1n) is 6.58. The number of benzene rings is 1. The summed E-state index contributed by atoms with van der Waals surface area (Å²) in [5, 5.41) is 0.811. The van der Waals surface area contributed by atoms with Crippen molar-refractivity contribution >= 4 is 17.4 Å². The van der Waals surface area contributed by atoms with E-state index in [1.165, 1.54) is 11.1 Å². The number of rotatable bonds is 1. The molecule has 3 rings (SSSR count). The summed E-state index contributed by atoms with van der Waals surface area (Å²) in [4.78, 5) is 11.1. The molecule has 0 fully saturated rings. The molecule has 0 saturated heterocycles. The van der Waals surface area contributed by atoms with Crippen molar-refractivity contribution in [2.24, 2.45) is 4.99 Å². The van der Waals surface area contributed by atoms with E-state index in [0.717, 1.165) is 22.8 Å². The summed E-state index contributed by atoms with van der Waals surface area (Å²) in [7, 11) is 4.03. The summed E-state index contributed by atoms with van der Waals surface area (Å²) in [5.74, 6) is 1.04. The van der Waals surface area contributed by atoms with Gasteiger partial charge in [0.05, 0.1) is 0 Å². The molecule has 102 valence electrons. The lowest BCUT2D eigenvalue weighted by Gasteiger charge is -2.28. The molecule has 20 heavy (non-hydrogen) atoms. The van der Waals surface area contributed by atoms with Crippen LogP contribution in [0.5, 0.6) is 0 Å². The van der Waals surface area contributed by atoms with Gasteiger partial charge in [-0.1, -0.05) is 29.8 Å². The minimum atomic E-state index is -0.0245. The van der Waals surface area contributed by atoms with Gasteiger partial charge in [0.1, 0.15) is 11.9 Å². The Morgan fingerprint density at radius 3 is 2.75 bits per heavy atom. The molecule has 1 atom stereocenters. The molecule has 1 aromatic heterocycles. The largest absolute Gasteiger partial charge is 0.366 e. The molecule has 3 nitrogen and oxygen atoms in total. The van der Waals surface area contributed by atoms with Gasteiger partial charge in [0.2, 0.25) is 0 Å². The van der Waals surface area contributed by atoms with E-state index in [-0.39, 0.29) is 6.04 Å². The highest BCUT2D eigenvalue weighted by Gasteiger charge is 2.25. The average molecular weight is 286 g/mol. The molecule has 0 radical (unpaired) electrons. The van der Waals surface area contributed by atoms with Gasteiger partial charge in [-0.25, -0.2) is 0 Å². The summed E-state index contributed by atoms with van der Waals surface area (Å²) in [6.45, 7) is 0. The van der Waals surface area contributed by atoms with E-state index >= 15 is 0 Å². The molecule has 1 aromatic carbocycles. The Morgan fingerprint density at radius 1 is 1.20 bits per heavy atom. The maximum Gasteiger partial charge on any atom is 0.104 e. The number of amidine groups is 1. The van der Waals surface area contributed by atoms with E-state index in [9.17, 15) is 0 Å². The standard InChI is InChI=1S/C16H16ClN3/c1-20(2)15-9-13-12(6-3-7-14(13)17)16(19-15)11-5-4-8-18-10-11/h3-8,10,16H,9H2,1-2H3. The van der Waals surface area contributed by atoms with Gasteiger partial charge in [-0.05, 0) is 28.8 Å². The van der Waals surface area contributed by atoms with E-state index in [0.29, 0.717) is 0 Å². The van der Waals surface area contributed by atoms with Gasteiger partial charge < -0.3 is 4.90 Å². The number of aromatic nitrogens is 1. The van der Waals surface area contributed by atoms with Crippen molar-refractivity contribution in [1.29, 1.82) is 0 Å². The summed E-state index contributed by atoms with van der Waals surface area (Å²) >= 11 is 6.38. The lowest BCUT2D eigenvalue weighted by Crippen LogP contribution is -2.29. The molecule has 0 bridgehead atoms. The number of fused-ring (bicyclic) bond motifs is 1. The van der Waals surface area contributed by atoms with Crippen LogP contribution in [-0.4, -0.2) is 29.8 Å². The molecular formula is C16H16ClN3. The van der Waals surface area contributed by atoms with Crippen molar-refractivity contribution < 1.29 is 0 Å². The van der Waals surface area contributed by atoms with Crippen molar-refractivity contribution in [3.63, 3.8) is 0 Å². The molecule has 0 spiro atoms. The lowest BCUT2D eigenvalue weighted by atomic mass is 9.91. The highest BCUT2D eigenvalue weighted by molar-refractivity contribution is 6.31. The SMILES string of the molecule is CN(C)C1=NC(c2cccnc2)c2cccc(Cl)c2C1. The maximum absolute atomic E-state index is 6.38. The van der Waals surface area contributed by atoms with Gasteiger partial charge in [-0.15, -0.1) is 0 Å². The smallest absolute Gasteiger partial charge is 0.104 e. The second-order valence-corrected chi connectivity index (χ2v) is 5.52. The van der Waals surface area contributed by atoms with Crippen molar-refractivity contribution in [2.45, 2.75) is 12.5 Å². The van der Waals surface area contributed by atoms with Crippen LogP contribution >= 0.6 is 11.6 Å². The number of halogens is 1. The van der Waals surface area contributed by atoms with Gasteiger partial charge >= 0.3 is 0 Å². The highest BCUT2D eigenvalue weighted by atomic mass is 35.5. The average Bonchev–Trinajstić information content (AvgIpc) is 2.47. The number of likely N-dealkylation sites (N-methyl/N-ethyl adjacent to an activating group) is 1. The van der Waals surface area contributed by atoms with Crippen LogP contribution in [0.3, 0.4) is 0 Å². The molecule has 2 aromatic rings. The predicted octanol–water partition coefficient (Wildman–Crippen LogP) is 3.34. The molecule has 2 heterocycles. The third-order valence-corrected chi connectivity index (χ3v) is 3.93. The maximum atomic E-state index is 6.38. The van der Waals surface area contributed by atoms with Crippen molar-refractivity contribution in [3.8, 4) is 0 Å². The zero-order valence-corrected chi connectivity index (χ0v) is 12.3. The quantitative estimate of drug-likeness (QED) is 0.804. The number of pyridine rings is 1. The Bertz CT molecular complexity index is 650. The van der Waals surface area contributed by atoms with Crippen LogP contribution in [0.25, 0.3) is 0 Å².